The fourth-order valence-electron chi connectivity index (χ4n) is 2.07. The third-order valence-corrected chi connectivity index (χ3v) is 3.27. The average Bonchev–Trinajstić information content (AvgIpc) is 2.56. The Hall–Kier alpha value is -2.76. The van der Waals surface area contributed by atoms with Crippen LogP contribution < -0.4 is 0 Å². The van der Waals surface area contributed by atoms with Crippen LogP contribution in [-0.2, 0) is 27.4 Å². The van der Waals surface area contributed by atoms with Crippen LogP contribution in [0.15, 0.2) is 42.7 Å². The number of hydrogen-bond acceptors (Lipinski definition) is 5. The van der Waals surface area contributed by atoms with Crippen molar-refractivity contribution in [1.29, 1.82) is 0 Å². The lowest BCUT2D eigenvalue weighted by Crippen LogP contribution is -2.37. The van der Waals surface area contributed by atoms with E-state index in [-0.39, 0.29) is 19.7 Å². The van der Waals surface area contributed by atoms with E-state index >= 15 is 0 Å². The molecular weight excluding hydrogens is 294 g/mol. The number of carbonyl (C=O) groups is 2. The van der Waals surface area contributed by atoms with Crippen LogP contribution in [0.5, 0.6) is 0 Å². The van der Waals surface area contributed by atoms with Crippen molar-refractivity contribution >= 4 is 11.9 Å². The van der Waals surface area contributed by atoms with Crippen molar-refractivity contribution in [2.24, 2.45) is 0 Å². The molecule has 0 bridgehead atoms. The van der Waals surface area contributed by atoms with Gasteiger partial charge in [0, 0.05) is 12.4 Å². The minimum atomic E-state index is -0.864. The Morgan fingerprint density at radius 2 is 1.87 bits per heavy atom. The second-order valence-electron chi connectivity index (χ2n) is 4.97. The highest BCUT2D eigenvalue weighted by Gasteiger charge is 2.24. The van der Waals surface area contributed by atoms with E-state index in [2.05, 4.69) is 9.97 Å². The van der Waals surface area contributed by atoms with Gasteiger partial charge in [0.2, 0.25) is 0 Å². The number of ether oxygens (including phenoxy) is 1. The van der Waals surface area contributed by atoms with Crippen LogP contribution in [0.4, 0.5) is 0 Å². The van der Waals surface area contributed by atoms with E-state index in [0.29, 0.717) is 5.69 Å². The second-order valence-corrected chi connectivity index (χ2v) is 4.97. The molecule has 23 heavy (non-hydrogen) atoms. The molecule has 0 N–H and O–H groups in total. The highest BCUT2D eigenvalue weighted by Crippen LogP contribution is 2.11. The lowest BCUT2D eigenvalue weighted by molar-refractivity contribution is -0.160. The smallest absolute Gasteiger partial charge is 0.397 e. The number of aromatic nitrogens is 2. The van der Waals surface area contributed by atoms with Crippen LogP contribution in [0.2, 0.25) is 0 Å². The van der Waals surface area contributed by atoms with E-state index in [4.69, 9.17) is 4.74 Å². The first-order valence-corrected chi connectivity index (χ1v) is 7.38. The van der Waals surface area contributed by atoms with E-state index in [1.165, 1.54) is 4.90 Å². The molecular formula is C17H19N3O3. The van der Waals surface area contributed by atoms with Crippen molar-refractivity contribution in [3.05, 3.63) is 59.7 Å². The summed E-state index contributed by atoms with van der Waals surface area (Å²) in [6.07, 6.45) is 3.31. The molecule has 120 valence electrons. The molecule has 0 atom stereocenters. The normalized spacial score (nSPS) is 10.2. The molecule has 2 heterocycles. The molecule has 0 fully saturated rings. The van der Waals surface area contributed by atoms with Gasteiger partial charge in [-0.2, -0.15) is 0 Å². The van der Waals surface area contributed by atoms with Gasteiger partial charge in [0.25, 0.3) is 0 Å². The molecule has 0 radical (unpaired) electrons. The molecule has 6 heteroatoms. The number of rotatable bonds is 5. The third-order valence-electron chi connectivity index (χ3n) is 3.27. The lowest BCUT2D eigenvalue weighted by Gasteiger charge is -2.21. The molecule has 0 spiro atoms. The molecule has 0 aliphatic heterocycles. The summed E-state index contributed by atoms with van der Waals surface area (Å²) >= 11 is 0. The summed E-state index contributed by atoms with van der Waals surface area (Å²) in [5.41, 5.74) is 2.38. The molecule has 0 aliphatic carbocycles. The molecule has 6 nitrogen and oxygen atoms in total. The van der Waals surface area contributed by atoms with Crippen molar-refractivity contribution in [2.45, 2.75) is 26.9 Å². The van der Waals surface area contributed by atoms with Crippen molar-refractivity contribution in [2.75, 3.05) is 6.61 Å². The summed E-state index contributed by atoms with van der Waals surface area (Å²) in [5, 5.41) is 0. The first kappa shape index (κ1) is 16.6. The molecule has 0 saturated carbocycles. The fraction of sp³-hybridized carbons (Fsp3) is 0.294. The molecule has 0 unspecified atom stereocenters. The summed E-state index contributed by atoms with van der Waals surface area (Å²) in [6, 6.07) is 9.17. The third kappa shape index (κ3) is 4.60. The Morgan fingerprint density at radius 1 is 1.09 bits per heavy atom. The van der Waals surface area contributed by atoms with Gasteiger partial charge < -0.3 is 9.64 Å². The van der Waals surface area contributed by atoms with E-state index in [0.717, 1.165) is 11.3 Å². The number of carbonyl (C=O) groups excluding carboxylic acids is 2. The maximum Gasteiger partial charge on any atom is 0.397 e. The summed E-state index contributed by atoms with van der Waals surface area (Å²) in [6.45, 7) is 4.17. The molecule has 0 aliphatic rings. The monoisotopic (exact) mass is 313 g/mol. The van der Waals surface area contributed by atoms with Gasteiger partial charge in [-0.15, -0.1) is 0 Å². The first-order valence-electron chi connectivity index (χ1n) is 7.38. The molecule has 2 rings (SSSR count). The van der Waals surface area contributed by atoms with Gasteiger partial charge in [0.05, 0.1) is 31.1 Å². The maximum absolute atomic E-state index is 12.3. The zero-order valence-corrected chi connectivity index (χ0v) is 13.2. The first-order chi connectivity index (χ1) is 11.1. The van der Waals surface area contributed by atoms with Crippen LogP contribution >= 0.6 is 0 Å². The predicted octanol–water partition coefficient (Wildman–Crippen LogP) is 1.88. The molecule has 2 aromatic heterocycles. The SMILES string of the molecule is CCOC(=O)C(=O)N(Cc1ccccn1)Cc1ncccc1C. The maximum atomic E-state index is 12.3. The van der Waals surface area contributed by atoms with Gasteiger partial charge in [0.1, 0.15) is 0 Å². The van der Waals surface area contributed by atoms with Crippen molar-refractivity contribution < 1.29 is 14.3 Å². The second kappa shape index (κ2) is 8.03. The van der Waals surface area contributed by atoms with Crippen LogP contribution in [-0.4, -0.2) is 33.4 Å². The van der Waals surface area contributed by atoms with Crippen LogP contribution in [0.25, 0.3) is 0 Å². The minimum absolute atomic E-state index is 0.157. The Balaban J connectivity index is 2.22. The molecule has 2 aromatic rings. The summed E-state index contributed by atoms with van der Waals surface area (Å²) < 4.78 is 4.82. The van der Waals surface area contributed by atoms with Crippen LogP contribution in [0.3, 0.4) is 0 Å². The zero-order valence-electron chi connectivity index (χ0n) is 13.2. The van der Waals surface area contributed by atoms with Gasteiger partial charge in [-0.1, -0.05) is 12.1 Å². The quantitative estimate of drug-likeness (QED) is 0.622. The number of pyridine rings is 2. The van der Waals surface area contributed by atoms with Crippen molar-refractivity contribution in [3.63, 3.8) is 0 Å². The number of esters is 1. The molecule has 1 amide bonds. The van der Waals surface area contributed by atoms with Crippen molar-refractivity contribution in [1.82, 2.24) is 14.9 Å². The summed E-state index contributed by atoms with van der Waals surface area (Å²) in [5.74, 6) is -1.56. The number of amides is 1. The van der Waals surface area contributed by atoms with Gasteiger partial charge in [-0.25, -0.2) is 4.79 Å². The summed E-state index contributed by atoms with van der Waals surface area (Å²) in [4.78, 5) is 34.0. The Morgan fingerprint density at radius 3 is 2.52 bits per heavy atom. The zero-order chi connectivity index (χ0) is 16.7. The number of aryl methyl sites for hydroxylation is 1. The average molecular weight is 313 g/mol. The highest BCUT2D eigenvalue weighted by molar-refractivity contribution is 6.32. The van der Waals surface area contributed by atoms with Gasteiger partial charge >= 0.3 is 11.9 Å². The predicted molar refractivity (Wildman–Crippen MR) is 84.1 cm³/mol. The highest BCUT2D eigenvalue weighted by atomic mass is 16.5. The van der Waals surface area contributed by atoms with E-state index < -0.39 is 11.9 Å². The van der Waals surface area contributed by atoms with Crippen LogP contribution in [0.1, 0.15) is 23.9 Å². The fourth-order valence-corrected chi connectivity index (χ4v) is 2.07. The number of nitrogens with zero attached hydrogens (tertiary/aromatic N) is 3. The largest absolute Gasteiger partial charge is 0.459 e. The topological polar surface area (TPSA) is 72.4 Å². The van der Waals surface area contributed by atoms with Crippen molar-refractivity contribution in [3.8, 4) is 0 Å². The van der Waals surface area contributed by atoms with Gasteiger partial charge in [-0.05, 0) is 37.6 Å². The standard InChI is InChI=1S/C17H19N3O3/c1-3-23-17(22)16(21)20(11-14-8-4-5-9-18-14)12-15-13(2)7-6-10-19-15/h4-10H,3,11-12H2,1-2H3. The Labute approximate surface area is 135 Å². The summed E-state index contributed by atoms with van der Waals surface area (Å²) in [7, 11) is 0. The lowest BCUT2D eigenvalue weighted by atomic mass is 10.2. The van der Waals surface area contributed by atoms with E-state index in [9.17, 15) is 9.59 Å². The van der Waals surface area contributed by atoms with E-state index in [1.807, 2.05) is 25.1 Å². The number of hydrogen-bond donors (Lipinski definition) is 0. The molecule has 0 saturated heterocycles. The Bertz CT molecular complexity index is 674. The van der Waals surface area contributed by atoms with Gasteiger partial charge in [0.15, 0.2) is 0 Å². The minimum Gasteiger partial charge on any atom is -0.459 e. The molecule has 0 aromatic carbocycles. The van der Waals surface area contributed by atoms with Gasteiger partial charge in [-0.3, -0.25) is 14.8 Å². The van der Waals surface area contributed by atoms with E-state index in [1.54, 1.807) is 31.5 Å². The van der Waals surface area contributed by atoms with Crippen LogP contribution in [0, 0.1) is 6.92 Å². The Kier molecular flexibility index (Phi) is 5.80.